The number of carbonyl (C=O) groups is 2. The molecule has 0 spiro atoms. The molecule has 3 amide bonds. The van der Waals surface area contributed by atoms with Crippen molar-refractivity contribution < 1.29 is 14.3 Å². The highest BCUT2D eigenvalue weighted by Crippen LogP contribution is 2.61. The number of carbonyl (C=O) groups excluding carboxylic acids is 2. The highest BCUT2D eigenvalue weighted by atomic mass is 35.5. The number of amides is 3. The van der Waals surface area contributed by atoms with Crippen LogP contribution in [0.1, 0.15) is 30.0 Å². The summed E-state index contributed by atoms with van der Waals surface area (Å²) in [6.07, 6.45) is 0. The Morgan fingerprint density at radius 2 is 1.72 bits per heavy atom. The van der Waals surface area contributed by atoms with Crippen LogP contribution in [-0.4, -0.2) is 29.0 Å². The van der Waals surface area contributed by atoms with Gasteiger partial charge in [0.05, 0.1) is 18.3 Å². The number of halogens is 1. The number of hydrogen-bond donors (Lipinski definition) is 0. The predicted octanol–water partition coefficient (Wildman–Crippen LogP) is 5.41. The van der Waals surface area contributed by atoms with Gasteiger partial charge in [-0.05, 0) is 36.8 Å². The molecule has 2 fully saturated rings. The third-order valence-electron chi connectivity index (χ3n) is 7.15. The minimum atomic E-state index is -1.04. The Kier molecular flexibility index (Phi) is 4.14. The fourth-order valence-corrected chi connectivity index (χ4v) is 6.06. The molecule has 4 atom stereocenters. The Labute approximate surface area is 191 Å². The van der Waals surface area contributed by atoms with E-state index in [1.54, 1.807) is 29.2 Å². The smallest absolute Gasteiger partial charge is 0.332 e. The number of para-hydroxylation sites is 1. The molecule has 3 heterocycles. The maximum Gasteiger partial charge on any atom is 0.332 e. The number of hydrogen-bond acceptors (Lipinski definition) is 3. The lowest BCUT2D eigenvalue weighted by Crippen LogP contribution is -2.46. The fraction of sp³-hybridized carbons (Fsp3) is 0.231. The molecule has 0 aromatic heterocycles. The summed E-state index contributed by atoms with van der Waals surface area (Å²) in [5, 5.41) is 0.481. The van der Waals surface area contributed by atoms with Crippen molar-refractivity contribution in [1.29, 1.82) is 0 Å². The van der Waals surface area contributed by atoms with Crippen LogP contribution in [-0.2, 0) is 4.79 Å². The molecular formula is C26H21ClN2O3. The second-order valence-corrected chi connectivity index (χ2v) is 9.20. The van der Waals surface area contributed by atoms with Crippen LogP contribution in [0, 0.1) is 5.92 Å². The van der Waals surface area contributed by atoms with Crippen molar-refractivity contribution >= 4 is 29.2 Å². The monoisotopic (exact) mass is 444 g/mol. The Bertz CT molecular complexity index is 1250. The molecule has 0 bridgehead atoms. The molecule has 6 rings (SSSR count). The van der Waals surface area contributed by atoms with Crippen LogP contribution >= 0.6 is 11.6 Å². The number of anilines is 1. The summed E-state index contributed by atoms with van der Waals surface area (Å²) in [7, 11) is 0. The summed E-state index contributed by atoms with van der Waals surface area (Å²) < 4.78 is 6.12. The van der Waals surface area contributed by atoms with Crippen molar-refractivity contribution in [2.45, 2.75) is 24.4 Å². The summed E-state index contributed by atoms with van der Waals surface area (Å²) in [6, 6.07) is 24.1. The first-order chi connectivity index (χ1) is 15.5. The summed E-state index contributed by atoms with van der Waals surface area (Å²) >= 11 is 6.20. The highest BCUT2D eigenvalue weighted by Gasteiger charge is 2.70. The average molecular weight is 445 g/mol. The standard InChI is InChI=1S/C26H21ClN2O3/c1-26-22(16-8-3-2-4-9-16)20-15-32-21-13-6-5-12-19(21)23(20)29(26)25(31)28(24(26)30)18-11-7-10-17(27)14-18/h2-14,20,22-23H,15H2,1H3/t20-,22-,23-,26+/m1/s1. The van der Waals surface area contributed by atoms with Gasteiger partial charge in [0, 0.05) is 22.4 Å². The summed E-state index contributed by atoms with van der Waals surface area (Å²) in [5.74, 6) is 0.297. The van der Waals surface area contributed by atoms with Gasteiger partial charge in [0.15, 0.2) is 0 Å². The van der Waals surface area contributed by atoms with Gasteiger partial charge >= 0.3 is 6.03 Å². The number of nitrogens with zero attached hydrogens (tertiary/aromatic N) is 2. The van der Waals surface area contributed by atoms with E-state index in [0.29, 0.717) is 17.3 Å². The molecule has 6 heteroatoms. The van der Waals surface area contributed by atoms with Gasteiger partial charge < -0.3 is 9.64 Å². The van der Waals surface area contributed by atoms with Gasteiger partial charge in [-0.1, -0.05) is 66.2 Å². The lowest BCUT2D eigenvalue weighted by atomic mass is 9.73. The van der Waals surface area contributed by atoms with Crippen molar-refractivity contribution in [3.8, 4) is 5.75 Å². The Balaban J connectivity index is 1.57. The van der Waals surface area contributed by atoms with E-state index >= 15 is 0 Å². The highest BCUT2D eigenvalue weighted by molar-refractivity contribution is 6.31. The molecular weight excluding hydrogens is 424 g/mol. The Morgan fingerprint density at radius 3 is 2.50 bits per heavy atom. The SMILES string of the molecule is C[C@]12C(=O)N(c3cccc(Cl)c3)C(=O)N1[C@@H]1c3ccccc3OC[C@@H]1[C@H]2c1ccccc1. The van der Waals surface area contributed by atoms with Crippen molar-refractivity contribution in [1.82, 2.24) is 4.90 Å². The quantitative estimate of drug-likeness (QED) is 0.496. The zero-order chi connectivity index (χ0) is 22.0. The van der Waals surface area contributed by atoms with E-state index in [-0.39, 0.29) is 29.8 Å². The second kappa shape index (κ2) is 6.84. The molecule has 2 saturated heterocycles. The number of urea groups is 1. The second-order valence-electron chi connectivity index (χ2n) is 8.77. The zero-order valence-corrected chi connectivity index (χ0v) is 18.2. The summed E-state index contributed by atoms with van der Waals surface area (Å²) in [6.45, 7) is 2.35. The van der Waals surface area contributed by atoms with Crippen molar-refractivity contribution in [3.05, 3.63) is 95.0 Å². The third-order valence-corrected chi connectivity index (χ3v) is 7.38. The van der Waals surface area contributed by atoms with Gasteiger partial charge in [-0.3, -0.25) is 4.79 Å². The molecule has 3 aliphatic heterocycles. The van der Waals surface area contributed by atoms with E-state index < -0.39 is 5.54 Å². The number of fused-ring (bicyclic) bond motifs is 5. The molecule has 0 N–H and O–H groups in total. The topological polar surface area (TPSA) is 49.9 Å². The molecule has 32 heavy (non-hydrogen) atoms. The number of benzene rings is 3. The Hall–Kier alpha value is -3.31. The van der Waals surface area contributed by atoms with Crippen LogP contribution in [0.5, 0.6) is 5.75 Å². The first-order valence-electron chi connectivity index (χ1n) is 10.7. The van der Waals surface area contributed by atoms with E-state index in [0.717, 1.165) is 16.9 Å². The van der Waals surface area contributed by atoms with Gasteiger partial charge in [0.25, 0.3) is 5.91 Å². The van der Waals surface area contributed by atoms with Gasteiger partial charge in [-0.2, -0.15) is 0 Å². The first kappa shape index (κ1) is 19.4. The molecule has 3 aromatic rings. The van der Waals surface area contributed by atoms with Crippen LogP contribution in [0.3, 0.4) is 0 Å². The Morgan fingerprint density at radius 1 is 0.969 bits per heavy atom. The molecule has 0 radical (unpaired) electrons. The number of ether oxygens (including phenoxy) is 1. The zero-order valence-electron chi connectivity index (χ0n) is 17.4. The maximum absolute atomic E-state index is 14.0. The van der Waals surface area contributed by atoms with Crippen molar-refractivity contribution in [2.24, 2.45) is 5.92 Å². The molecule has 0 aliphatic carbocycles. The lowest BCUT2D eigenvalue weighted by molar-refractivity contribution is -0.124. The average Bonchev–Trinajstić information content (AvgIpc) is 3.19. The minimum absolute atomic E-state index is 0.0355. The van der Waals surface area contributed by atoms with E-state index in [9.17, 15) is 9.59 Å². The van der Waals surface area contributed by atoms with Gasteiger partial charge in [0.1, 0.15) is 11.3 Å². The van der Waals surface area contributed by atoms with Crippen LogP contribution < -0.4 is 9.64 Å². The maximum atomic E-state index is 14.0. The molecule has 5 nitrogen and oxygen atoms in total. The van der Waals surface area contributed by atoms with E-state index in [4.69, 9.17) is 16.3 Å². The number of imide groups is 1. The minimum Gasteiger partial charge on any atom is -0.493 e. The molecule has 3 aromatic carbocycles. The van der Waals surface area contributed by atoms with Crippen LogP contribution in [0.4, 0.5) is 10.5 Å². The summed E-state index contributed by atoms with van der Waals surface area (Å²) in [5.41, 5.74) is 1.43. The fourth-order valence-electron chi connectivity index (χ4n) is 5.88. The summed E-state index contributed by atoms with van der Waals surface area (Å²) in [4.78, 5) is 31.0. The van der Waals surface area contributed by atoms with Gasteiger partial charge in [-0.15, -0.1) is 0 Å². The van der Waals surface area contributed by atoms with Gasteiger partial charge in [0.2, 0.25) is 0 Å². The third kappa shape index (κ3) is 2.46. The molecule has 160 valence electrons. The normalized spacial score (nSPS) is 28.2. The van der Waals surface area contributed by atoms with E-state index in [1.165, 1.54) is 4.90 Å². The number of rotatable bonds is 2. The van der Waals surface area contributed by atoms with E-state index in [2.05, 4.69) is 0 Å². The largest absolute Gasteiger partial charge is 0.493 e. The van der Waals surface area contributed by atoms with Crippen molar-refractivity contribution in [3.63, 3.8) is 0 Å². The van der Waals surface area contributed by atoms with E-state index in [1.807, 2.05) is 61.5 Å². The predicted molar refractivity (Wildman–Crippen MR) is 122 cm³/mol. The first-order valence-corrected chi connectivity index (χ1v) is 11.1. The van der Waals surface area contributed by atoms with Crippen LogP contribution in [0.15, 0.2) is 78.9 Å². The van der Waals surface area contributed by atoms with Gasteiger partial charge in [-0.25, -0.2) is 9.69 Å². The molecule has 0 unspecified atom stereocenters. The molecule has 0 saturated carbocycles. The van der Waals surface area contributed by atoms with Crippen molar-refractivity contribution in [2.75, 3.05) is 11.5 Å². The van der Waals surface area contributed by atoms with Crippen LogP contribution in [0.2, 0.25) is 5.02 Å². The molecule has 3 aliphatic rings. The lowest BCUT2D eigenvalue weighted by Gasteiger charge is -2.34. The van der Waals surface area contributed by atoms with Crippen LogP contribution in [0.25, 0.3) is 0 Å².